The molecule has 2 heterocycles. The van der Waals surface area contributed by atoms with Gasteiger partial charge in [0.25, 0.3) is 5.91 Å². The van der Waals surface area contributed by atoms with Gasteiger partial charge in [0.15, 0.2) is 11.5 Å². The van der Waals surface area contributed by atoms with Gasteiger partial charge in [0.05, 0.1) is 18.1 Å². The zero-order valence-corrected chi connectivity index (χ0v) is 17.5. The van der Waals surface area contributed by atoms with Crippen LogP contribution in [-0.2, 0) is 26.1 Å². The maximum absolute atomic E-state index is 13.0. The Labute approximate surface area is 176 Å². The molecular weight excluding hydrogens is 408 g/mol. The van der Waals surface area contributed by atoms with Crippen molar-refractivity contribution in [2.75, 3.05) is 40.0 Å². The molecule has 1 amide bonds. The summed E-state index contributed by atoms with van der Waals surface area (Å²) in [5.74, 6) is 0.524. The van der Waals surface area contributed by atoms with Gasteiger partial charge in [-0.1, -0.05) is 30.3 Å². The van der Waals surface area contributed by atoms with Crippen molar-refractivity contribution < 1.29 is 27.4 Å². The van der Waals surface area contributed by atoms with Crippen LogP contribution in [0.2, 0.25) is 0 Å². The second kappa shape index (κ2) is 8.63. The maximum atomic E-state index is 13.0. The van der Waals surface area contributed by atoms with Crippen molar-refractivity contribution in [2.45, 2.75) is 17.5 Å². The van der Waals surface area contributed by atoms with Crippen molar-refractivity contribution in [1.29, 1.82) is 0 Å². The highest BCUT2D eigenvalue weighted by molar-refractivity contribution is 7.89. The molecule has 1 saturated heterocycles. The Morgan fingerprint density at radius 1 is 1.10 bits per heavy atom. The lowest BCUT2D eigenvalue weighted by Crippen LogP contribution is -2.50. The van der Waals surface area contributed by atoms with Crippen molar-refractivity contribution in [1.82, 2.24) is 9.21 Å². The largest absolute Gasteiger partial charge is 0.485 e. The molecule has 0 aliphatic carbocycles. The van der Waals surface area contributed by atoms with E-state index < -0.39 is 16.1 Å². The maximum Gasteiger partial charge on any atom is 0.267 e. The number of carbonyl (C=O) groups excluding carboxylic acids is 1. The topological polar surface area (TPSA) is 85.4 Å². The molecular formula is C21H24N2O6S. The minimum atomic E-state index is -3.71. The number of rotatable bonds is 5. The van der Waals surface area contributed by atoms with Gasteiger partial charge in [-0.05, 0) is 17.7 Å². The Bertz CT molecular complexity index is 1010. The molecule has 2 aliphatic heterocycles. The summed E-state index contributed by atoms with van der Waals surface area (Å²) in [6, 6.07) is 13.8. The van der Waals surface area contributed by atoms with Gasteiger partial charge in [-0.2, -0.15) is 4.31 Å². The first-order chi connectivity index (χ1) is 14.4. The zero-order chi connectivity index (χ0) is 21.1. The third-order valence-corrected chi connectivity index (χ3v) is 6.93. The van der Waals surface area contributed by atoms with E-state index >= 15 is 0 Å². The molecule has 2 aromatic carbocycles. The fourth-order valence-electron chi connectivity index (χ4n) is 3.43. The zero-order valence-electron chi connectivity index (χ0n) is 16.7. The molecule has 0 N–H and O–H groups in total. The van der Waals surface area contributed by atoms with Crippen LogP contribution < -0.4 is 9.47 Å². The number of fused-ring (bicyclic) bond motifs is 1. The summed E-state index contributed by atoms with van der Waals surface area (Å²) in [5.41, 5.74) is 0.894. The van der Waals surface area contributed by atoms with Crippen LogP contribution in [0, 0.1) is 0 Å². The number of hydrogen-bond acceptors (Lipinski definition) is 6. The number of hydrogen-bond donors (Lipinski definition) is 0. The first kappa shape index (κ1) is 20.6. The third-order valence-electron chi connectivity index (χ3n) is 5.13. The van der Waals surface area contributed by atoms with Crippen LogP contribution in [0.4, 0.5) is 0 Å². The molecule has 1 unspecified atom stereocenters. The average Bonchev–Trinajstić information content (AvgIpc) is 2.79. The molecule has 0 aromatic heterocycles. The summed E-state index contributed by atoms with van der Waals surface area (Å²) < 4.78 is 44.0. The molecule has 0 saturated carbocycles. The SMILES string of the molecule is CN(Cc1ccccc1)S(=O)(=O)c1ccc2c(c1)OCC(C(=O)N1CCOCC1)O2. The smallest absolute Gasteiger partial charge is 0.267 e. The molecule has 1 atom stereocenters. The van der Waals surface area contributed by atoms with E-state index in [-0.39, 0.29) is 24.0 Å². The normalized spacial score (nSPS) is 19.0. The molecule has 9 heteroatoms. The van der Waals surface area contributed by atoms with Crippen LogP contribution >= 0.6 is 0 Å². The third kappa shape index (κ3) is 4.28. The summed E-state index contributed by atoms with van der Waals surface area (Å²) in [5, 5.41) is 0. The number of nitrogens with zero attached hydrogens (tertiary/aromatic N) is 2. The molecule has 30 heavy (non-hydrogen) atoms. The summed E-state index contributed by atoms with van der Waals surface area (Å²) in [6.45, 7) is 2.36. The molecule has 160 valence electrons. The van der Waals surface area contributed by atoms with Gasteiger partial charge in [-0.15, -0.1) is 0 Å². The standard InChI is InChI=1S/C21H24N2O6S/c1-22(14-16-5-3-2-4-6-16)30(25,26)17-7-8-18-19(13-17)28-15-20(29-18)21(24)23-9-11-27-12-10-23/h2-8,13,20H,9-12,14-15H2,1H3. The van der Waals surface area contributed by atoms with Crippen LogP contribution in [0.15, 0.2) is 53.4 Å². The van der Waals surface area contributed by atoms with Crippen molar-refractivity contribution in [3.05, 3.63) is 54.1 Å². The number of benzene rings is 2. The van der Waals surface area contributed by atoms with Gasteiger partial charge < -0.3 is 19.1 Å². The molecule has 2 aliphatic rings. The Balaban J connectivity index is 1.47. The predicted octanol–water partition coefficient (Wildman–Crippen LogP) is 1.51. The Kier molecular flexibility index (Phi) is 5.94. The van der Waals surface area contributed by atoms with Crippen molar-refractivity contribution in [3.8, 4) is 11.5 Å². The van der Waals surface area contributed by atoms with Crippen LogP contribution in [-0.4, -0.2) is 69.6 Å². The van der Waals surface area contributed by atoms with E-state index in [2.05, 4.69) is 0 Å². The van der Waals surface area contributed by atoms with Gasteiger partial charge in [0.1, 0.15) is 6.61 Å². The van der Waals surface area contributed by atoms with E-state index in [0.29, 0.717) is 37.8 Å². The highest BCUT2D eigenvalue weighted by atomic mass is 32.2. The van der Waals surface area contributed by atoms with Gasteiger partial charge in [0, 0.05) is 32.7 Å². The van der Waals surface area contributed by atoms with Crippen molar-refractivity contribution >= 4 is 15.9 Å². The average molecular weight is 432 g/mol. The quantitative estimate of drug-likeness (QED) is 0.712. The summed E-state index contributed by atoms with van der Waals surface area (Å²) >= 11 is 0. The van der Waals surface area contributed by atoms with Crippen molar-refractivity contribution in [3.63, 3.8) is 0 Å². The Morgan fingerprint density at radius 3 is 2.57 bits per heavy atom. The summed E-state index contributed by atoms with van der Waals surface area (Å²) in [4.78, 5) is 14.4. The molecule has 8 nitrogen and oxygen atoms in total. The van der Waals surface area contributed by atoms with E-state index in [1.165, 1.54) is 29.6 Å². The van der Waals surface area contributed by atoms with E-state index in [0.717, 1.165) is 5.56 Å². The lowest BCUT2D eigenvalue weighted by molar-refractivity contribution is -0.145. The first-order valence-electron chi connectivity index (χ1n) is 9.75. The number of morpholine rings is 1. The predicted molar refractivity (Wildman–Crippen MR) is 109 cm³/mol. The highest BCUT2D eigenvalue weighted by Crippen LogP contribution is 2.35. The first-order valence-corrected chi connectivity index (χ1v) is 11.2. The minimum Gasteiger partial charge on any atom is -0.485 e. The second-order valence-corrected chi connectivity index (χ2v) is 9.26. The molecule has 0 radical (unpaired) electrons. The minimum absolute atomic E-state index is 0.0343. The number of ether oxygens (including phenoxy) is 3. The van der Waals surface area contributed by atoms with Gasteiger partial charge in [-0.3, -0.25) is 4.79 Å². The Hall–Kier alpha value is -2.62. The molecule has 1 fully saturated rings. The van der Waals surface area contributed by atoms with E-state index in [9.17, 15) is 13.2 Å². The van der Waals surface area contributed by atoms with Crippen molar-refractivity contribution in [2.24, 2.45) is 0 Å². The van der Waals surface area contributed by atoms with Crippen LogP contribution in [0.5, 0.6) is 11.5 Å². The van der Waals surface area contributed by atoms with E-state index in [1.54, 1.807) is 4.90 Å². The number of carbonyl (C=O) groups is 1. The second-order valence-electron chi connectivity index (χ2n) is 7.21. The molecule has 4 rings (SSSR count). The molecule has 0 bridgehead atoms. The van der Waals surface area contributed by atoms with E-state index in [4.69, 9.17) is 14.2 Å². The monoisotopic (exact) mass is 432 g/mol. The number of sulfonamides is 1. The molecule has 2 aromatic rings. The summed E-state index contributed by atoms with van der Waals surface area (Å²) in [7, 11) is -2.17. The number of amides is 1. The lowest BCUT2D eigenvalue weighted by atomic mass is 10.2. The van der Waals surface area contributed by atoms with Gasteiger partial charge >= 0.3 is 0 Å². The summed E-state index contributed by atoms with van der Waals surface area (Å²) in [6.07, 6.45) is -0.751. The van der Waals surface area contributed by atoms with Crippen LogP contribution in [0.25, 0.3) is 0 Å². The fourth-order valence-corrected chi connectivity index (χ4v) is 4.60. The highest BCUT2D eigenvalue weighted by Gasteiger charge is 2.33. The Morgan fingerprint density at radius 2 is 1.83 bits per heavy atom. The molecule has 0 spiro atoms. The van der Waals surface area contributed by atoms with Crippen LogP contribution in [0.1, 0.15) is 5.56 Å². The van der Waals surface area contributed by atoms with E-state index in [1.807, 2.05) is 30.3 Å². The lowest BCUT2D eigenvalue weighted by Gasteiger charge is -2.32. The fraction of sp³-hybridized carbons (Fsp3) is 0.381. The van der Waals surface area contributed by atoms with Crippen LogP contribution in [0.3, 0.4) is 0 Å². The van der Waals surface area contributed by atoms with Gasteiger partial charge in [-0.25, -0.2) is 8.42 Å². The van der Waals surface area contributed by atoms with Gasteiger partial charge in [0.2, 0.25) is 16.1 Å².